The smallest absolute Gasteiger partial charge is 0.410 e. The monoisotopic (exact) mass is 308 g/mol. The van der Waals surface area contributed by atoms with Crippen LogP contribution in [0.25, 0.3) is 0 Å². The number of benzene rings is 1. The van der Waals surface area contributed by atoms with E-state index in [0.717, 1.165) is 0 Å². The van der Waals surface area contributed by atoms with E-state index in [0.29, 0.717) is 38.2 Å². The maximum Gasteiger partial charge on any atom is 0.410 e. The summed E-state index contributed by atoms with van der Waals surface area (Å²) in [5, 5.41) is 0. The summed E-state index contributed by atoms with van der Waals surface area (Å²) >= 11 is 0. The highest BCUT2D eigenvalue weighted by Gasteiger charge is 2.36. The largest absolute Gasteiger partial charge is 0.449 e. The fourth-order valence-corrected chi connectivity index (χ4v) is 2.72. The lowest BCUT2D eigenvalue weighted by molar-refractivity contribution is 0.00266. The molecule has 6 nitrogen and oxygen atoms in total. The Morgan fingerprint density at radius 1 is 1.36 bits per heavy atom. The summed E-state index contributed by atoms with van der Waals surface area (Å²) in [6, 6.07) is 6.16. The molecule has 2 aliphatic heterocycles. The van der Waals surface area contributed by atoms with Crippen molar-refractivity contribution in [2.45, 2.75) is 19.1 Å². The zero-order chi connectivity index (χ0) is 15.5. The second-order valence-electron chi connectivity index (χ2n) is 5.34. The number of rotatable bonds is 2. The van der Waals surface area contributed by atoms with Crippen molar-refractivity contribution in [2.75, 3.05) is 26.2 Å². The normalized spacial score (nSPS) is 21.1. The minimum Gasteiger partial charge on any atom is -0.449 e. The molecular formula is C15H17FN2O4. The lowest BCUT2D eigenvalue weighted by atomic mass is 10.1. The Morgan fingerprint density at radius 3 is 3.00 bits per heavy atom. The van der Waals surface area contributed by atoms with Crippen molar-refractivity contribution in [3.8, 4) is 0 Å². The van der Waals surface area contributed by atoms with E-state index in [9.17, 15) is 14.0 Å². The van der Waals surface area contributed by atoms with Crippen molar-refractivity contribution < 1.29 is 23.5 Å². The third kappa shape index (κ3) is 2.98. The molecule has 7 heteroatoms. The number of fused-ring (bicyclic) bond motifs is 1. The SMILES string of the molecule is O=C(OCc1ccccc1F)N1CCN2C(=O)OCCC2C1. The highest BCUT2D eigenvalue weighted by molar-refractivity contribution is 5.71. The van der Waals surface area contributed by atoms with Gasteiger partial charge in [-0.2, -0.15) is 0 Å². The molecule has 2 amide bonds. The van der Waals surface area contributed by atoms with Gasteiger partial charge in [-0.3, -0.25) is 0 Å². The van der Waals surface area contributed by atoms with Gasteiger partial charge < -0.3 is 19.3 Å². The van der Waals surface area contributed by atoms with Gasteiger partial charge in [0.1, 0.15) is 12.4 Å². The molecular weight excluding hydrogens is 291 g/mol. The van der Waals surface area contributed by atoms with E-state index < -0.39 is 11.9 Å². The molecule has 0 aliphatic carbocycles. The Kier molecular flexibility index (Phi) is 4.13. The molecule has 22 heavy (non-hydrogen) atoms. The lowest BCUT2D eigenvalue weighted by Crippen LogP contribution is -2.59. The Hall–Kier alpha value is -2.31. The predicted octanol–water partition coefficient (Wildman–Crippen LogP) is 1.99. The van der Waals surface area contributed by atoms with Gasteiger partial charge >= 0.3 is 12.2 Å². The zero-order valence-corrected chi connectivity index (χ0v) is 12.0. The number of carbonyl (C=O) groups excluding carboxylic acids is 2. The summed E-state index contributed by atoms with van der Waals surface area (Å²) in [5.41, 5.74) is 0.343. The Bertz CT molecular complexity index is 580. The molecule has 1 aromatic carbocycles. The first-order chi connectivity index (χ1) is 10.6. The van der Waals surface area contributed by atoms with E-state index in [1.54, 1.807) is 28.0 Å². The number of hydrogen-bond donors (Lipinski definition) is 0. The number of cyclic esters (lactones) is 1. The number of amides is 2. The Balaban J connectivity index is 1.55. The van der Waals surface area contributed by atoms with Crippen molar-refractivity contribution >= 4 is 12.2 Å². The van der Waals surface area contributed by atoms with Crippen LogP contribution in [0.1, 0.15) is 12.0 Å². The van der Waals surface area contributed by atoms with Crippen LogP contribution in [0.15, 0.2) is 24.3 Å². The quantitative estimate of drug-likeness (QED) is 0.838. The molecule has 0 bridgehead atoms. The van der Waals surface area contributed by atoms with Gasteiger partial charge in [0.25, 0.3) is 0 Å². The molecule has 1 unspecified atom stereocenters. The van der Waals surface area contributed by atoms with Gasteiger partial charge in [0.15, 0.2) is 0 Å². The Morgan fingerprint density at radius 2 is 2.18 bits per heavy atom. The van der Waals surface area contributed by atoms with Crippen LogP contribution in [0.2, 0.25) is 0 Å². The van der Waals surface area contributed by atoms with Crippen LogP contribution < -0.4 is 0 Å². The zero-order valence-electron chi connectivity index (χ0n) is 12.0. The predicted molar refractivity (Wildman–Crippen MR) is 74.6 cm³/mol. The molecule has 0 aromatic heterocycles. The summed E-state index contributed by atoms with van der Waals surface area (Å²) in [7, 11) is 0. The number of halogens is 1. The molecule has 118 valence electrons. The van der Waals surface area contributed by atoms with Gasteiger partial charge in [0, 0.05) is 31.6 Å². The van der Waals surface area contributed by atoms with Gasteiger partial charge in [-0.15, -0.1) is 0 Å². The molecule has 0 radical (unpaired) electrons. The fraction of sp³-hybridized carbons (Fsp3) is 0.467. The van der Waals surface area contributed by atoms with E-state index in [2.05, 4.69) is 0 Å². The first-order valence-electron chi connectivity index (χ1n) is 7.23. The van der Waals surface area contributed by atoms with Gasteiger partial charge in [0.05, 0.1) is 12.6 Å². The van der Waals surface area contributed by atoms with Crippen molar-refractivity contribution in [3.05, 3.63) is 35.6 Å². The minimum atomic E-state index is -0.484. The molecule has 3 rings (SSSR count). The average molecular weight is 308 g/mol. The van der Waals surface area contributed by atoms with E-state index in [1.165, 1.54) is 6.07 Å². The second kappa shape index (κ2) is 6.21. The van der Waals surface area contributed by atoms with Crippen molar-refractivity contribution in [2.24, 2.45) is 0 Å². The summed E-state index contributed by atoms with van der Waals surface area (Å²) in [4.78, 5) is 26.9. The van der Waals surface area contributed by atoms with E-state index in [4.69, 9.17) is 9.47 Å². The summed E-state index contributed by atoms with van der Waals surface area (Å²) in [6.07, 6.45) is -0.111. The standard InChI is InChI=1S/C15H17FN2O4/c16-13-4-2-1-3-11(13)10-22-14(19)17-6-7-18-12(9-17)5-8-21-15(18)20/h1-4,12H,5-10H2. The van der Waals surface area contributed by atoms with E-state index in [1.807, 2.05) is 0 Å². The van der Waals surface area contributed by atoms with Crippen molar-refractivity contribution in [3.63, 3.8) is 0 Å². The molecule has 2 heterocycles. The number of piperazine rings is 1. The van der Waals surface area contributed by atoms with E-state index >= 15 is 0 Å². The fourth-order valence-electron chi connectivity index (χ4n) is 2.72. The van der Waals surface area contributed by atoms with Crippen LogP contribution in [-0.4, -0.2) is 54.3 Å². The third-order valence-corrected chi connectivity index (χ3v) is 3.96. The van der Waals surface area contributed by atoms with Gasteiger partial charge in [-0.05, 0) is 6.07 Å². The topological polar surface area (TPSA) is 59.1 Å². The molecule has 1 atom stereocenters. The molecule has 0 saturated carbocycles. The highest BCUT2D eigenvalue weighted by atomic mass is 19.1. The van der Waals surface area contributed by atoms with Gasteiger partial charge in [-0.25, -0.2) is 14.0 Å². The van der Waals surface area contributed by atoms with Crippen LogP contribution in [0.5, 0.6) is 0 Å². The number of nitrogens with zero attached hydrogens (tertiary/aromatic N) is 2. The summed E-state index contributed by atoms with van der Waals surface area (Å²) in [6.45, 7) is 1.52. The Labute approximate surface area is 127 Å². The van der Waals surface area contributed by atoms with E-state index in [-0.39, 0.29) is 18.7 Å². The first kappa shape index (κ1) is 14.6. The van der Waals surface area contributed by atoms with Gasteiger partial charge in [0.2, 0.25) is 0 Å². The van der Waals surface area contributed by atoms with Crippen LogP contribution in [0.4, 0.5) is 14.0 Å². The molecule has 2 fully saturated rings. The average Bonchev–Trinajstić information content (AvgIpc) is 2.54. The lowest BCUT2D eigenvalue weighted by Gasteiger charge is -2.42. The number of hydrogen-bond acceptors (Lipinski definition) is 4. The first-order valence-corrected chi connectivity index (χ1v) is 7.23. The maximum absolute atomic E-state index is 13.5. The van der Waals surface area contributed by atoms with Gasteiger partial charge in [-0.1, -0.05) is 18.2 Å². The van der Waals surface area contributed by atoms with Crippen molar-refractivity contribution in [1.29, 1.82) is 0 Å². The maximum atomic E-state index is 13.5. The van der Waals surface area contributed by atoms with Crippen LogP contribution in [0, 0.1) is 5.82 Å². The summed E-state index contributed by atoms with van der Waals surface area (Å²) in [5.74, 6) is -0.393. The van der Waals surface area contributed by atoms with Crippen LogP contribution in [0.3, 0.4) is 0 Å². The molecule has 0 N–H and O–H groups in total. The highest BCUT2D eigenvalue weighted by Crippen LogP contribution is 2.19. The van der Waals surface area contributed by atoms with Crippen molar-refractivity contribution in [1.82, 2.24) is 9.80 Å². The third-order valence-electron chi connectivity index (χ3n) is 3.96. The molecule has 0 spiro atoms. The van der Waals surface area contributed by atoms with Crippen LogP contribution >= 0.6 is 0 Å². The second-order valence-corrected chi connectivity index (χ2v) is 5.34. The number of carbonyl (C=O) groups is 2. The van der Waals surface area contributed by atoms with Crippen LogP contribution in [-0.2, 0) is 16.1 Å². The molecule has 1 aromatic rings. The molecule has 2 saturated heterocycles. The minimum absolute atomic E-state index is 0.0315. The summed E-state index contributed by atoms with van der Waals surface area (Å²) < 4.78 is 23.6. The molecule has 2 aliphatic rings. The number of ether oxygens (including phenoxy) is 2.